The normalized spacial score (nSPS) is 10.1. The third kappa shape index (κ3) is 47.3. The van der Waals surface area contributed by atoms with Crippen molar-refractivity contribution in [2.45, 2.75) is 189 Å². The van der Waals surface area contributed by atoms with E-state index in [1.807, 2.05) is 0 Å². The molecule has 0 rings (SSSR count). The van der Waals surface area contributed by atoms with Gasteiger partial charge in [-0.3, -0.25) is 0 Å². The van der Waals surface area contributed by atoms with Crippen molar-refractivity contribution in [3.8, 4) is 0 Å². The molecule has 0 aromatic rings. The molecule has 180 valence electrons. The van der Waals surface area contributed by atoms with Gasteiger partial charge in [-0.2, -0.15) is 0 Å². The molecule has 0 atom stereocenters. The predicted octanol–water partition coefficient (Wildman–Crippen LogP) is 12.1. The van der Waals surface area contributed by atoms with E-state index in [1.165, 1.54) is 148 Å². The lowest BCUT2D eigenvalue weighted by molar-refractivity contribution is 0.554. The second-order valence-electron chi connectivity index (χ2n) is 9.01. The van der Waals surface area contributed by atoms with Crippen molar-refractivity contribution in [1.29, 1.82) is 0 Å². The summed E-state index contributed by atoms with van der Waals surface area (Å²) in [6.07, 6.45) is 32.9. The van der Waals surface area contributed by atoms with Crippen LogP contribution in [0.3, 0.4) is 0 Å². The molecular weight excluding hydrogens is 348 g/mol. The average Bonchev–Trinajstić information content (AvgIpc) is 2.74. The fourth-order valence-electron chi connectivity index (χ4n) is 3.44. The second kappa shape index (κ2) is 38.6. The van der Waals surface area contributed by atoms with Gasteiger partial charge >= 0.3 is 0 Å². The summed E-state index contributed by atoms with van der Waals surface area (Å²) in [5.41, 5.74) is 0. The predicted molar refractivity (Wildman–Crippen MR) is 140 cm³/mol. The van der Waals surface area contributed by atoms with Crippen LogP contribution >= 0.6 is 0 Å². The second-order valence-corrected chi connectivity index (χ2v) is 9.01. The van der Waals surface area contributed by atoms with Crippen molar-refractivity contribution in [2.75, 3.05) is 0 Å². The molecule has 0 fully saturated rings. The first kappa shape index (κ1) is 33.6. The van der Waals surface area contributed by atoms with Crippen LogP contribution in [0, 0.1) is 0 Å². The van der Waals surface area contributed by atoms with Crippen molar-refractivity contribution in [3.63, 3.8) is 0 Å². The first-order valence-corrected chi connectivity index (χ1v) is 14.2. The highest BCUT2D eigenvalue weighted by Crippen LogP contribution is 2.10. The summed E-state index contributed by atoms with van der Waals surface area (Å²) < 4.78 is 0. The molecule has 0 nitrogen and oxygen atoms in total. The molecule has 0 unspecified atom stereocenters. The Hall–Kier alpha value is 0. The molecule has 0 aliphatic heterocycles. The minimum absolute atomic E-state index is 1.36. The van der Waals surface area contributed by atoms with E-state index in [9.17, 15) is 0 Å². The highest BCUT2D eigenvalue weighted by atomic mass is 14.0. The standard InChI is InChI=1S/C13H28.C9H20.C7H16/c1-3-5-7-9-11-13-12-10-8-6-4-2;1-3-5-7-9-8-6-4-2;1-3-5-7-6-4-2/h3-13H2,1-2H3;3-9H2,1-2H3;3-7H2,1-2H3. The van der Waals surface area contributed by atoms with E-state index in [1.54, 1.807) is 0 Å². The van der Waals surface area contributed by atoms with Crippen LogP contribution in [0.25, 0.3) is 0 Å². The number of unbranched alkanes of at least 4 members (excludes halogenated alkanes) is 20. The van der Waals surface area contributed by atoms with Crippen LogP contribution in [-0.2, 0) is 0 Å². The first-order chi connectivity index (χ1) is 14.2. The van der Waals surface area contributed by atoms with Gasteiger partial charge in [-0.15, -0.1) is 0 Å². The molecule has 0 radical (unpaired) electrons. The van der Waals surface area contributed by atoms with Crippen LogP contribution in [0.1, 0.15) is 189 Å². The quantitative estimate of drug-likeness (QED) is 0.174. The van der Waals surface area contributed by atoms with E-state index in [2.05, 4.69) is 41.5 Å². The lowest BCUT2D eigenvalue weighted by Crippen LogP contribution is -1.80. The smallest absolute Gasteiger partial charge is 0.0533 e. The Morgan fingerprint density at radius 3 is 0.414 bits per heavy atom. The number of hydrogen-bond acceptors (Lipinski definition) is 0. The molecule has 0 N–H and O–H groups in total. The lowest BCUT2D eigenvalue weighted by atomic mass is 10.1. The van der Waals surface area contributed by atoms with Crippen LogP contribution in [0.2, 0.25) is 0 Å². The Kier molecular flexibility index (Phi) is 44.8. The molecule has 0 aromatic carbocycles. The topological polar surface area (TPSA) is 0 Å². The van der Waals surface area contributed by atoms with Gasteiger partial charge in [-0.25, -0.2) is 0 Å². The Morgan fingerprint density at radius 2 is 0.276 bits per heavy atom. The number of hydrogen-bond donors (Lipinski definition) is 0. The maximum Gasteiger partial charge on any atom is -0.0533 e. The highest BCUT2D eigenvalue weighted by Gasteiger charge is 1.91. The largest absolute Gasteiger partial charge is 0.0654 e. The van der Waals surface area contributed by atoms with Crippen molar-refractivity contribution in [2.24, 2.45) is 0 Å². The summed E-state index contributed by atoms with van der Waals surface area (Å²) in [6, 6.07) is 0. The van der Waals surface area contributed by atoms with Crippen LogP contribution in [0.4, 0.5) is 0 Å². The van der Waals surface area contributed by atoms with Crippen LogP contribution in [0.15, 0.2) is 0 Å². The molecule has 0 aromatic heterocycles. The van der Waals surface area contributed by atoms with Crippen molar-refractivity contribution >= 4 is 0 Å². The van der Waals surface area contributed by atoms with Gasteiger partial charge in [0.1, 0.15) is 0 Å². The summed E-state index contributed by atoms with van der Waals surface area (Å²) in [4.78, 5) is 0. The molecule has 0 heteroatoms. The van der Waals surface area contributed by atoms with Crippen molar-refractivity contribution < 1.29 is 0 Å². The molecule has 0 saturated heterocycles. The maximum absolute atomic E-state index is 2.28. The molecule has 0 heterocycles. The van der Waals surface area contributed by atoms with E-state index >= 15 is 0 Å². The fourth-order valence-corrected chi connectivity index (χ4v) is 3.44. The van der Waals surface area contributed by atoms with Gasteiger partial charge in [0, 0.05) is 0 Å². The highest BCUT2D eigenvalue weighted by molar-refractivity contribution is 4.46. The van der Waals surface area contributed by atoms with E-state index in [-0.39, 0.29) is 0 Å². The van der Waals surface area contributed by atoms with E-state index < -0.39 is 0 Å². The Bertz CT molecular complexity index is 188. The summed E-state index contributed by atoms with van der Waals surface area (Å²) in [5, 5.41) is 0. The summed E-state index contributed by atoms with van der Waals surface area (Å²) in [6.45, 7) is 13.6. The van der Waals surface area contributed by atoms with Gasteiger partial charge in [-0.1, -0.05) is 189 Å². The minimum atomic E-state index is 1.36. The maximum atomic E-state index is 2.28. The molecule has 29 heavy (non-hydrogen) atoms. The van der Waals surface area contributed by atoms with Crippen LogP contribution in [0.5, 0.6) is 0 Å². The van der Waals surface area contributed by atoms with Gasteiger partial charge < -0.3 is 0 Å². The monoisotopic (exact) mass is 413 g/mol. The van der Waals surface area contributed by atoms with Gasteiger partial charge in [0.05, 0.1) is 0 Å². The van der Waals surface area contributed by atoms with Crippen LogP contribution < -0.4 is 0 Å². The van der Waals surface area contributed by atoms with Crippen molar-refractivity contribution in [3.05, 3.63) is 0 Å². The Balaban J connectivity index is -0.000000370. The molecule has 0 bridgehead atoms. The third-order valence-electron chi connectivity index (χ3n) is 5.62. The van der Waals surface area contributed by atoms with E-state index in [0.717, 1.165) is 0 Å². The number of rotatable bonds is 20. The fraction of sp³-hybridized carbons (Fsp3) is 1.00. The summed E-state index contributed by atoms with van der Waals surface area (Å²) >= 11 is 0. The zero-order chi connectivity index (χ0) is 22.3. The van der Waals surface area contributed by atoms with Gasteiger partial charge in [0.25, 0.3) is 0 Å². The molecule has 0 amide bonds. The zero-order valence-electron chi connectivity index (χ0n) is 22.3. The van der Waals surface area contributed by atoms with Gasteiger partial charge in [0.15, 0.2) is 0 Å². The Labute approximate surface area is 189 Å². The molecular formula is C29H64. The first-order valence-electron chi connectivity index (χ1n) is 14.2. The third-order valence-corrected chi connectivity index (χ3v) is 5.62. The Morgan fingerprint density at radius 1 is 0.172 bits per heavy atom. The summed E-state index contributed by atoms with van der Waals surface area (Å²) in [5.74, 6) is 0. The van der Waals surface area contributed by atoms with E-state index in [4.69, 9.17) is 0 Å². The minimum Gasteiger partial charge on any atom is -0.0654 e. The van der Waals surface area contributed by atoms with Crippen LogP contribution in [-0.4, -0.2) is 0 Å². The van der Waals surface area contributed by atoms with Gasteiger partial charge in [0.2, 0.25) is 0 Å². The SMILES string of the molecule is CCCCCCC.CCCCCCCCC.CCCCCCCCCCCCC. The molecule has 0 aliphatic carbocycles. The lowest BCUT2D eigenvalue weighted by Gasteiger charge is -2.00. The van der Waals surface area contributed by atoms with E-state index in [0.29, 0.717) is 0 Å². The molecule has 0 aliphatic rings. The molecule has 0 saturated carbocycles. The summed E-state index contributed by atoms with van der Waals surface area (Å²) in [7, 11) is 0. The average molecular weight is 413 g/mol. The van der Waals surface area contributed by atoms with Crippen molar-refractivity contribution in [1.82, 2.24) is 0 Å². The van der Waals surface area contributed by atoms with Gasteiger partial charge in [-0.05, 0) is 0 Å². The molecule has 0 spiro atoms. The zero-order valence-corrected chi connectivity index (χ0v) is 22.3.